The molecule has 0 saturated heterocycles. The molecule has 23 heavy (non-hydrogen) atoms. The average molecular weight is 328 g/mol. The summed E-state index contributed by atoms with van der Waals surface area (Å²) in [5, 5.41) is 0. The fourth-order valence-corrected chi connectivity index (χ4v) is 3.77. The Morgan fingerprint density at radius 2 is 1.78 bits per heavy atom. The second-order valence-electron chi connectivity index (χ2n) is 5.33. The van der Waals surface area contributed by atoms with Crippen LogP contribution in [0.25, 0.3) is 0 Å². The van der Waals surface area contributed by atoms with Gasteiger partial charge in [0.05, 0.1) is 7.11 Å². The lowest BCUT2D eigenvalue weighted by atomic mass is 10.0. The molecule has 0 amide bonds. The number of aldehydes is 1. The van der Waals surface area contributed by atoms with Gasteiger partial charge in [-0.15, -0.1) is 11.8 Å². The van der Waals surface area contributed by atoms with Crippen LogP contribution in [0.5, 0.6) is 0 Å². The van der Waals surface area contributed by atoms with Crippen LogP contribution in [0.3, 0.4) is 0 Å². The van der Waals surface area contributed by atoms with Crippen molar-refractivity contribution >= 4 is 24.0 Å². The van der Waals surface area contributed by atoms with E-state index in [4.69, 9.17) is 4.74 Å². The SMILES string of the molecule is COC(=O)C(C=O)c1ccccc1SCc1c(C)cccc1C. The number of methoxy groups -OCH3 is 1. The molecule has 0 aliphatic rings. The molecule has 0 bridgehead atoms. The zero-order chi connectivity index (χ0) is 16.8. The molecule has 1 unspecified atom stereocenters. The highest BCUT2D eigenvalue weighted by molar-refractivity contribution is 7.98. The molecule has 0 fully saturated rings. The Morgan fingerprint density at radius 3 is 2.39 bits per heavy atom. The van der Waals surface area contributed by atoms with Gasteiger partial charge in [0.15, 0.2) is 0 Å². The summed E-state index contributed by atoms with van der Waals surface area (Å²) in [6, 6.07) is 13.7. The summed E-state index contributed by atoms with van der Waals surface area (Å²) >= 11 is 1.63. The lowest BCUT2D eigenvalue weighted by molar-refractivity contribution is -0.143. The highest BCUT2D eigenvalue weighted by Gasteiger charge is 2.23. The number of carbonyl (C=O) groups is 2. The molecule has 1 atom stereocenters. The largest absolute Gasteiger partial charge is 0.468 e. The van der Waals surface area contributed by atoms with Crippen molar-refractivity contribution in [2.75, 3.05) is 7.11 Å². The number of benzene rings is 2. The van der Waals surface area contributed by atoms with Crippen LogP contribution in [0.1, 0.15) is 28.2 Å². The molecule has 0 radical (unpaired) electrons. The van der Waals surface area contributed by atoms with Gasteiger partial charge in [-0.3, -0.25) is 4.79 Å². The van der Waals surface area contributed by atoms with Crippen LogP contribution in [-0.2, 0) is 20.1 Å². The molecule has 0 heterocycles. The monoisotopic (exact) mass is 328 g/mol. The molecule has 0 aliphatic heterocycles. The predicted octanol–water partition coefficient (Wildman–Crippen LogP) is 4.05. The molecular weight excluding hydrogens is 308 g/mol. The van der Waals surface area contributed by atoms with Crippen molar-refractivity contribution in [1.82, 2.24) is 0 Å². The van der Waals surface area contributed by atoms with Gasteiger partial charge < -0.3 is 9.53 Å². The van der Waals surface area contributed by atoms with Gasteiger partial charge in [-0.05, 0) is 42.2 Å². The zero-order valence-corrected chi connectivity index (χ0v) is 14.4. The summed E-state index contributed by atoms with van der Waals surface area (Å²) in [4.78, 5) is 24.1. The minimum absolute atomic E-state index is 0.528. The van der Waals surface area contributed by atoms with E-state index >= 15 is 0 Å². The third-order valence-corrected chi connectivity index (χ3v) is 4.98. The van der Waals surface area contributed by atoms with E-state index in [9.17, 15) is 9.59 Å². The van der Waals surface area contributed by atoms with Crippen molar-refractivity contribution in [3.63, 3.8) is 0 Å². The maximum atomic E-state index is 11.8. The average Bonchev–Trinajstić information content (AvgIpc) is 2.56. The Hall–Kier alpha value is -2.07. The van der Waals surface area contributed by atoms with Crippen molar-refractivity contribution in [3.05, 3.63) is 64.7 Å². The highest BCUT2D eigenvalue weighted by Crippen LogP contribution is 2.32. The summed E-state index contributed by atoms with van der Waals surface area (Å²) < 4.78 is 4.73. The number of esters is 1. The molecule has 0 N–H and O–H groups in total. The normalized spacial score (nSPS) is 11.8. The number of rotatable bonds is 6. The van der Waals surface area contributed by atoms with Crippen molar-refractivity contribution in [3.8, 4) is 0 Å². The van der Waals surface area contributed by atoms with Crippen molar-refractivity contribution in [1.29, 1.82) is 0 Å². The molecular formula is C19H20O3S. The van der Waals surface area contributed by atoms with E-state index in [1.807, 2.05) is 30.3 Å². The minimum Gasteiger partial charge on any atom is -0.468 e. The van der Waals surface area contributed by atoms with Gasteiger partial charge in [-0.1, -0.05) is 36.4 Å². The molecule has 2 aromatic rings. The van der Waals surface area contributed by atoms with Gasteiger partial charge in [-0.25, -0.2) is 0 Å². The fourth-order valence-electron chi connectivity index (χ4n) is 2.48. The fraction of sp³-hybridized carbons (Fsp3) is 0.263. The molecule has 2 aromatic carbocycles. The quantitative estimate of drug-likeness (QED) is 0.347. The number of aryl methyl sites for hydroxylation is 2. The Labute approximate surface area is 141 Å². The maximum Gasteiger partial charge on any atom is 0.320 e. The molecule has 0 aromatic heterocycles. The number of hydrogen-bond acceptors (Lipinski definition) is 4. The third kappa shape index (κ3) is 4.02. The van der Waals surface area contributed by atoms with Gasteiger partial charge in [0.25, 0.3) is 0 Å². The Bertz CT molecular complexity index is 689. The van der Waals surface area contributed by atoms with E-state index in [0.717, 1.165) is 10.6 Å². The first-order valence-electron chi connectivity index (χ1n) is 7.38. The van der Waals surface area contributed by atoms with E-state index < -0.39 is 11.9 Å². The van der Waals surface area contributed by atoms with Gasteiger partial charge in [0, 0.05) is 10.6 Å². The van der Waals surface area contributed by atoms with Crippen molar-refractivity contribution in [2.45, 2.75) is 30.4 Å². The van der Waals surface area contributed by atoms with E-state index in [0.29, 0.717) is 11.8 Å². The zero-order valence-electron chi connectivity index (χ0n) is 13.5. The van der Waals surface area contributed by atoms with Gasteiger partial charge >= 0.3 is 5.97 Å². The molecule has 0 spiro atoms. The predicted molar refractivity (Wildman–Crippen MR) is 92.7 cm³/mol. The Balaban J connectivity index is 2.27. The number of thioether (sulfide) groups is 1. The molecule has 0 saturated carbocycles. The minimum atomic E-state index is -0.873. The summed E-state index contributed by atoms with van der Waals surface area (Å²) in [5.74, 6) is -0.607. The summed E-state index contributed by atoms with van der Waals surface area (Å²) in [5.41, 5.74) is 4.48. The molecule has 3 nitrogen and oxygen atoms in total. The first-order valence-corrected chi connectivity index (χ1v) is 8.37. The van der Waals surface area contributed by atoms with Gasteiger partial charge in [0.2, 0.25) is 0 Å². The summed E-state index contributed by atoms with van der Waals surface area (Å²) in [6.07, 6.45) is 0.643. The van der Waals surface area contributed by atoms with Crippen LogP contribution in [-0.4, -0.2) is 19.4 Å². The lowest BCUT2D eigenvalue weighted by Gasteiger charge is -2.15. The van der Waals surface area contributed by atoms with Crippen LogP contribution in [0, 0.1) is 13.8 Å². The topological polar surface area (TPSA) is 43.4 Å². The van der Waals surface area contributed by atoms with Crippen LogP contribution in [0.4, 0.5) is 0 Å². The Morgan fingerprint density at radius 1 is 1.13 bits per heavy atom. The molecule has 0 aliphatic carbocycles. The maximum absolute atomic E-state index is 11.8. The van der Waals surface area contributed by atoms with Gasteiger partial charge in [0.1, 0.15) is 12.2 Å². The van der Waals surface area contributed by atoms with E-state index in [1.165, 1.54) is 23.8 Å². The number of ether oxygens (including phenoxy) is 1. The van der Waals surface area contributed by atoms with E-state index in [2.05, 4.69) is 26.0 Å². The van der Waals surface area contributed by atoms with Gasteiger partial charge in [-0.2, -0.15) is 0 Å². The van der Waals surface area contributed by atoms with Crippen LogP contribution in [0.2, 0.25) is 0 Å². The smallest absolute Gasteiger partial charge is 0.320 e. The second kappa shape index (κ2) is 7.97. The highest BCUT2D eigenvalue weighted by atomic mass is 32.2. The third-order valence-electron chi connectivity index (χ3n) is 3.86. The standard InChI is InChI=1S/C19H20O3S/c1-13-7-6-8-14(2)17(13)12-23-18-10-5-4-9-15(18)16(11-20)19(21)22-3/h4-11,16H,12H2,1-3H3. The summed E-state index contributed by atoms with van der Waals surface area (Å²) in [6.45, 7) is 4.19. The number of hydrogen-bond donors (Lipinski definition) is 0. The first-order chi connectivity index (χ1) is 11.1. The van der Waals surface area contributed by atoms with E-state index in [-0.39, 0.29) is 0 Å². The second-order valence-corrected chi connectivity index (χ2v) is 6.35. The molecule has 2 rings (SSSR count). The van der Waals surface area contributed by atoms with Crippen LogP contribution in [0.15, 0.2) is 47.4 Å². The van der Waals surface area contributed by atoms with Crippen molar-refractivity contribution < 1.29 is 14.3 Å². The molecule has 120 valence electrons. The lowest BCUT2D eigenvalue weighted by Crippen LogP contribution is -2.16. The Kier molecular flexibility index (Phi) is 5.99. The van der Waals surface area contributed by atoms with Crippen molar-refractivity contribution in [2.24, 2.45) is 0 Å². The van der Waals surface area contributed by atoms with Crippen LogP contribution < -0.4 is 0 Å². The molecule has 4 heteroatoms. The first kappa shape index (κ1) is 17.3. The summed E-state index contributed by atoms with van der Waals surface area (Å²) in [7, 11) is 1.30. The van der Waals surface area contributed by atoms with Crippen LogP contribution >= 0.6 is 11.8 Å². The number of carbonyl (C=O) groups excluding carboxylic acids is 2. The van der Waals surface area contributed by atoms with E-state index in [1.54, 1.807) is 11.8 Å².